The van der Waals surface area contributed by atoms with E-state index < -0.39 is 5.97 Å². The Hall–Kier alpha value is -2.19. The van der Waals surface area contributed by atoms with Crippen LogP contribution >= 0.6 is 0 Å². The van der Waals surface area contributed by atoms with Crippen LogP contribution < -0.4 is 10.2 Å². The number of nitrogens with zero attached hydrogens (tertiary/aromatic N) is 3. The fraction of sp³-hybridized carbons (Fsp3) is 0.650. The summed E-state index contributed by atoms with van der Waals surface area (Å²) in [6.07, 6.45) is 5.52. The lowest BCUT2D eigenvalue weighted by Crippen LogP contribution is -2.51. The molecule has 3 rings (SSSR count). The molecule has 3 heterocycles. The van der Waals surface area contributed by atoms with E-state index in [9.17, 15) is 14.7 Å². The van der Waals surface area contributed by atoms with Gasteiger partial charge in [0.2, 0.25) is 5.91 Å². The first-order valence-corrected chi connectivity index (χ1v) is 10.0. The zero-order valence-electron chi connectivity index (χ0n) is 16.5. The topological polar surface area (TPSA) is 95.0 Å². The van der Waals surface area contributed by atoms with Crippen molar-refractivity contribution >= 4 is 17.7 Å². The molecule has 1 amide bonds. The van der Waals surface area contributed by atoms with E-state index in [1.807, 2.05) is 0 Å². The highest BCUT2D eigenvalue weighted by atomic mass is 16.5. The summed E-state index contributed by atoms with van der Waals surface area (Å²) in [7, 11) is 1.63. The van der Waals surface area contributed by atoms with E-state index in [-0.39, 0.29) is 17.4 Å². The number of pyridine rings is 1. The van der Waals surface area contributed by atoms with Gasteiger partial charge in [-0.3, -0.25) is 9.69 Å². The molecule has 1 aromatic rings. The fourth-order valence-electron chi connectivity index (χ4n) is 4.23. The second kappa shape index (κ2) is 9.84. The smallest absolute Gasteiger partial charge is 0.339 e. The van der Waals surface area contributed by atoms with Gasteiger partial charge in [-0.1, -0.05) is 0 Å². The number of methoxy groups -OCH3 is 1. The number of hydrogen-bond acceptors (Lipinski definition) is 6. The third-order valence-corrected chi connectivity index (χ3v) is 5.73. The Balaban J connectivity index is 1.53. The lowest BCUT2D eigenvalue weighted by atomic mass is 9.93. The van der Waals surface area contributed by atoms with E-state index in [0.29, 0.717) is 25.0 Å². The van der Waals surface area contributed by atoms with Crippen LogP contribution in [0.5, 0.6) is 0 Å². The first kappa shape index (κ1) is 20.5. The number of carbonyl (C=O) groups excluding carboxylic acids is 1. The van der Waals surface area contributed by atoms with Crippen molar-refractivity contribution in [3.8, 4) is 0 Å². The molecule has 28 heavy (non-hydrogen) atoms. The molecule has 154 valence electrons. The van der Waals surface area contributed by atoms with E-state index in [1.54, 1.807) is 25.4 Å². The third-order valence-electron chi connectivity index (χ3n) is 5.73. The summed E-state index contributed by atoms with van der Waals surface area (Å²) in [4.78, 5) is 32.6. The number of anilines is 1. The Bertz CT molecular complexity index is 676. The zero-order chi connectivity index (χ0) is 19.9. The highest BCUT2D eigenvalue weighted by Gasteiger charge is 2.32. The maximum Gasteiger partial charge on any atom is 0.339 e. The summed E-state index contributed by atoms with van der Waals surface area (Å²) in [6, 6.07) is 3.70. The van der Waals surface area contributed by atoms with E-state index in [2.05, 4.69) is 20.1 Å². The molecule has 0 spiro atoms. The van der Waals surface area contributed by atoms with Crippen molar-refractivity contribution in [3.63, 3.8) is 0 Å². The number of aromatic nitrogens is 1. The number of carboxylic acids is 1. The molecule has 8 nitrogen and oxygen atoms in total. The number of rotatable bonds is 7. The van der Waals surface area contributed by atoms with Crippen LogP contribution in [0.15, 0.2) is 18.3 Å². The van der Waals surface area contributed by atoms with Gasteiger partial charge in [0.15, 0.2) is 0 Å². The molecule has 8 heteroatoms. The maximum absolute atomic E-state index is 12.4. The molecule has 2 aliphatic rings. The van der Waals surface area contributed by atoms with Crippen molar-refractivity contribution in [2.24, 2.45) is 5.92 Å². The molecule has 2 fully saturated rings. The van der Waals surface area contributed by atoms with Crippen LogP contribution in [0.4, 0.5) is 5.82 Å². The number of likely N-dealkylation sites (tertiary alicyclic amines) is 1. The predicted octanol–water partition coefficient (Wildman–Crippen LogP) is 1.22. The Kier molecular flexibility index (Phi) is 7.22. The predicted molar refractivity (Wildman–Crippen MR) is 106 cm³/mol. The van der Waals surface area contributed by atoms with Crippen molar-refractivity contribution in [1.82, 2.24) is 15.2 Å². The molecular formula is C20H30N4O4. The van der Waals surface area contributed by atoms with Crippen LogP contribution in [0.25, 0.3) is 0 Å². The molecule has 0 aromatic carbocycles. The number of hydrogen-bond donors (Lipinski definition) is 2. The van der Waals surface area contributed by atoms with Gasteiger partial charge in [0.1, 0.15) is 11.4 Å². The summed E-state index contributed by atoms with van der Waals surface area (Å²) in [5.74, 6) is -0.220. The minimum absolute atomic E-state index is 0.0399. The number of carboxylic acid groups (broad SMARTS) is 1. The molecule has 2 saturated heterocycles. The molecular weight excluding hydrogens is 360 g/mol. The highest BCUT2D eigenvalue weighted by Crippen LogP contribution is 2.27. The van der Waals surface area contributed by atoms with Crippen LogP contribution in [-0.2, 0) is 9.53 Å². The molecule has 0 aliphatic carbocycles. The minimum atomic E-state index is -0.941. The molecule has 0 bridgehead atoms. The first-order valence-electron chi connectivity index (χ1n) is 10.0. The van der Waals surface area contributed by atoms with Crippen molar-refractivity contribution in [2.75, 3.05) is 51.3 Å². The first-order chi connectivity index (χ1) is 13.6. The quantitative estimate of drug-likeness (QED) is 0.676. The van der Waals surface area contributed by atoms with E-state index in [0.717, 1.165) is 51.9 Å². The summed E-state index contributed by atoms with van der Waals surface area (Å²) in [5.41, 5.74) is 0.256. The molecule has 1 aromatic heterocycles. The molecule has 0 unspecified atom stereocenters. The number of aromatic carboxylic acids is 1. The monoisotopic (exact) mass is 390 g/mol. The average Bonchev–Trinajstić information content (AvgIpc) is 2.74. The standard InChI is InChI=1S/C20H30N4O4/c1-28-13-9-22-19(25)15-4-3-10-24(14-15)16-6-11-23(12-7-16)18-17(20(26)27)5-2-8-21-18/h2,5,8,15-16H,3-4,6-7,9-14H2,1H3,(H,22,25)(H,26,27)/t15-/m0/s1. The lowest BCUT2D eigenvalue weighted by molar-refractivity contribution is -0.127. The fourth-order valence-corrected chi connectivity index (χ4v) is 4.23. The van der Waals surface area contributed by atoms with Gasteiger partial charge in [0, 0.05) is 45.5 Å². The van der Waals surface area contributed by atoms with Crippen LogP contribution in [0, 0.1) is 5.92 Å². The number of carbonyl (C=O) groups is 2. The van der Waals surface area contributed by atoms with Gasteiger partial charge in [-0.25, -0.2) is 9.78 Å². The van der Waals surface area contributed by atoms with E-state index in [1.165, 1.54) is 0 Å². The summed E-state index contributed by atoms with van der Waals surface area (Å²) >= 11 is 0. The molecule has 1 atom stereocenters. The van der Waals surface area contributed by atoms with Crippen molar-refractivity contribution < 1.29 is 19.4 Å². The third kappa shape index (κ3) is 4.99. The Morgan fingerprint density at radius 2 is 2.07 bits per heavy atom. The van der Waals surface area contributed by atoms with Gasteiger partial charge in [-0.15, -0.1) is 0 Å². The van der Waals surface area contributed by atoms with Crippen LogP contribution in [0.2, 0.25) is 0 Å². The van der Waals surface area contributed by atoms with Crippen LogP contribution in [0.1, 0.15) is 36.0 Å². The summed E-state index contributed by atoms with van der Waals surface area (Å²) in [5, 5.41) is 12.3. The van der Waals surface area contributed by atoms with Crippen LogP contribution in [0.3, 0.4) is 0 Å². The number of piperidine rings is 2. The SMILES string of the molecule is COCCNC(=O)[C@H]1CCCN(C2CCN(c3ncccc3C(=O)O)CC2)C1. The molecule has 2 N–H and O–H groups in total. The second-order valence-corrected chi connectivity index (χ2v) is 7.52. The number of ether oxygens (including phenoxy) is 1. The largest absolute Gasteiger partial charge is 0.478 e. The van der Waals surface area contributed by atoms with Gasteiger partial charge in [-0.2, -0.15) is 0 Å². The van der Waals surface area contributed by atoms with Crippen molar-refractivity contribution in [1.29, 1.82) is 0 Å². The van der Waals surface area contributed by atoms with Gasteiger partial charge < -0.3 is 20.1 Å². The summed E-state index contributed by atoms with van der Waals surface area (Å²) in [6.45, 7) is 4.48. The Morgan fingerprint density at radius 3 is 2.79 bits per heavy atom. The van der Waals surface area contributed by atoms with Gasteiger partial charge in [-0.05, 0) is 44.4 Å². The van der Waals surface area contributed by atoms with Gasteiger partial charge >= 0.3 is 5.97 Å². The van der Waals surface area contributed by atoms with Gasteiger partial charge in [0.25, 0.3) is 0 Å². The van der Waals surface area contributed by atoms with Gasteiger partial charge in [0.05, 0.1) is 12.5 Å². The second-order valence-electron chi connectivity index (χ2n) is 7.52. The number of nitrogens with one attached hydrogen (secondary N) is 1. The molecule has 0 radical (unpaired) electrons. The Labute approximate surface area is 165 Å². The zero-order valence-corrected chi connectivity index (χ0v) is 16.5. The van der Waals surface area contributed by atoms with E-state index in [4.69, 9.17) is 4.74 Å². The highest BCUT2D eigenvalue weighted by molar-refractivity contribution is 5.93. The van der Waals surface area contributed by atoms with Crippen molar-refractivity contribution in [3.05, 3.63) is 23.9 Å². The average molecular weight is 390 g/mol. The van der Waals surface area contributed by atoms with Crippen LogP contribution in [-0.4, -0.2) is 79.3 Å². The lowest BCUT2D eigenvalue weighted by Gasteiger charge is -2.42. The van der Waals surface area contributed by atoms with E-state index >= 15 is 0 Å². The normalized spacial score (nSPS) is 21.5. The minimum Gasteiger partial charge on any atom is -0.478 e. The molecule has 2 aliphatic heterocycles. The summed E-state index contributed by atoms with van der Waals surface area (Å²) < 4.78 is 4.99. The Morgan fingerprint density at radius 1 is 1.29 bits per heavy atom. The number of amides is 1. The van der Waals surface area contributed by atoms with Crippen molar-refractivity contribution in [2.45, 2.75) is 31.7 Å². The molecule has 0 saturated carbocycles. The maximum atomic E-state index is 12.4.